The van der Waals surface area contributed by atoms with Gasteiger partial charge in [-0.2, -0.15) is 0 Å². The molecule has 134 valence electrons. The summed E-state index contributed by atoms with van der Waals surface area (Å²) in [5.41, 5.74) is -0.322. The molecule has 0 spiro atoms. The number of rotatable bonds is 7. The van der Waals surface area contributed by atoms with Gasteiger partial charge in [0.15, 0.2) is 11.5 Å². The molecule has 0 amide bonds. The van der Waals surface area contributed by atoms with E-state index in [1.54, 1.807) is 0 Å². The lowest BCUT2D eigenvalue weighted by molar-refractivity contribution is -0.384. The monoisotopic (exact) mass is 368 g/mol. The smallest absolute Gasteiger partial charge is 0.271 e. The van der Waals surface area contributed by atoms with Gasteiger partial charge >= 0.3 is 0 Å². The summed E-state index contributed by atoms with van der Waals surface area (Å²) in [6.07, 6.45) is 0. The molecule has 0 aliphatic heterocycles. The van der Waals surface area contributed by atoms with Crippen molar-refractivity contribution in [3.63, 3.8) is 0 Å². The minimum Gasteiger partial charge on any atom is -0.495 e. The molecule has 10 heteroatoms. The number of hydrogen-bond acceptors (Lipinski definition) is 7. The molecule has 9 nitrogen and oxygen atoms in total. The highest BCUT2D eigenvalue weighted by molar-refractivity contribution is 7.92. The van der Waals surface area contributed by atoms with E-state index in [9.17, 15) is 18.5 Å². The maximum atomic E-state index is 12.6. The van der Waals surface area contributed by atoms with Crippen LogP contribution in [0.3, 0.4) is 0 Å². The number of ether oxygens (including phenoxy) is 3. The van der Waals surface area contributed by atoms with Crippen molar-refractivity contribution in [1.29, 1.82) is 0 Å². The fourth-order valence-electron chi connectivity index (χ4n) is 2.08. The Bertz CT molecular complexity index is 897. The fraction of sp³-hybridized carbons (Fsp3) is 0.200. The largest absolute Gasteiger partial charge is 0.495 e. The molecule has 0 atom stereocenters. The van der Waals surface area contributed by atoms with Gasteiger partial charge < -0.3 is 14.2 Å². The van der Waals surface area contributed by atoms with Crippen LogP contribution in [0.4, 0.5) is 11.4 Å². The van der Waals surface area contributed by atoms with Crippen LogP contribution in [0.2, 0.25) is 0 Å². The molecular formula is C15H16N2O7S. The standard InChI is InChI=1S/C15H16N2O7S/c1-22-13-6-4-10(17(18)19)8-12(13)16-25(20,21)11-5-7-14(23-2)15(9-11)24-3/h4-9,16H,1-3H3. The van der Waals surface area contributed by atoms with Gasteiger partial charge in [-0.15, -0.1) is 0 Å². The summed E-state index contributed by atoms with van der Waals surface area (Å²) in [4.78, 5) is 10.2. The van der Waals surface area contributed by atoms with Gasteiger partial charge in [-0.1, -0.05) is 0 Å². The summed E-state index contributed by atoms with van der Waals surface area (Å²) in [6.45, 7) is 0. The minimum absolute atomic E-state index is 0.0496. The Kier molecular flexibility index (Phi) is 5.32. The van der Waals surface area contributed by atoms with E-state index in [1.165, 1.54) is 51.7 Å². The van der Waals surface area contributed by atoms with Crippen LogP contribution in [0.1, 0.15) is 0 Å². The molecule has 2 aromatic rings. The maximum absolute atomic E-state index is 12.6. The Labute approximate surface area is 144 Å². The van der Waals surface area contributed by atoms with Crippen LogP contribution in [-0.4, -0.2) is 34.7 Å². The van der Waals surface area contributed by atoms with Gasteiger partial charge in [0, 0.05) is 18.2 Å². The molecule has 1 N–H and O–H groups in total. The summed E-state index contributed by atoms with van der Waals surface area (Å²) in [6, 6.07) is 7.66. The zero-order chi connectivity index (χ0) is 18.6. The van der Waals surface area contributed by atoms with Crippen LogP contribution in [0, 0.1) is 10.1 Å². The average molecular weight is 368 g/mol. The first kappa shape index (κ1) is 18.3. The average Bonchev–Trinajstić information content (AvgIpc) is 2.60. The van der Waals surface area contributed by atoms with E-state index in [2.05, 4.69) is 4.72 Å². The summed E-state index contributed by atoms with van der Waals surface area (Å²) < 4.78 is 42.7. The van der Waals surface area contributed by atoms with E-state index in [0.29, 0.717) is 5.75 Å². The zero-order valence-electron chi connectivity index (χ0n) is 13.7. The van der Waals surface area contributed by atoms with Crippen molar-refractivity contribution >= 4 is 21.4 Å². The molecule has 0 saturated heterocycles. The molecule has 2 rings (SSSR count). The molecule has 0 aliphatic carbocycles. The second kappa shape index (κ2) is 7.26. The zero-order valence-corrected chi connectivity index (χ0v) is 14.5. The first-order valence-corrected chi connectivity index (χ1v) is 8.38. The molecular weight excluding hydrogens is 352 g/mol. The van der Waals surface area contributed by atoms with E-state index in [-0.39, 0.29) is 27.8 Å². The Hall–Kier alpha value is -3.01. The third-order valence-electron chi connectivity index (χ3n) is 3.30. The second-order valence-electron chi connectivity index (χ2n) is 4.76. The molecule has 0 aliphatic rings. The van der Waals surface area contributed by atoms with Crippen molar-refractivity contribution in [3.8, 4) is 17.2 Å². The summed E-state index contributed by atoms with van der Waals surface area (Å²) in [5, 5.41) is 10.9. The Balaban J connectivity index is 2.45. The van der Waals surface area contributed by atoms with Crippen molar-refractivity contribution < 1.29 is 27.6 Å². The predicted octanol–water partition coefficient (Wildman–Crippen LogP) is 2.42. The van der Waals surface area contributed by atoms with Crippen LogP contribution >= 0.6 is 0 Å². The van der Waals surface area contributed by atoms with E-state index in [0.717, 1.165) is 6.07 Å². The number of methoxy groups -OCH3 is 3. The third-order valence-corrected chi connectivity index (χ3v) is 4.67. The summed E-state index contributed by atoms with van der Waals surface area (Å²) >= 11 is 0. The lowest BCUT2D eigenvalue weighted by Gasteiger charge is -2.13. The van der Waals surface area contributed by atoms with E-state index in [1.807, 2.05) is 0 Å². The minimum atomic E-state index is -4.03. The van der Waals surface area contributed by atoms with Crippen LogP contribution in [0.5, 0.6) is 17.2 Å². The second-order valence-corrected chi connectivity index (χ2v) is 6.45. The normalized spacial score (nSPS) is 10.8. The highest BCUT2D eigenvalue weighted by Gasteiger charge is 2.21. The van der Waals surface area contributed by atoms with E-state index < -0.39 is 14.9 Å². The topological polar surface area (TPSA) is 117 Å². The quantitative estimate of drug-likeness (QED) is 0.589. The molecule has 0 unspecified atom stereocenters. The number of non-ortho nitro benzene ring substituents is 1. The van der Waals surface area contributed by atoms with Crippen LogP contribution in [0.15, 0.2) is 41.3 Å². The Morgan fingerprint density at radius 3 is 2.08 bits per heavy atom. The predicted molar refractivity (Wildman–Crippen MR) is 90.0 cm³/mol. The van der Waals surface area contributed by atoms with Gasteiger partial charge in [0.1, 0.15) is 5.75 Å². The van der Waals surface area contributed by atoms with Gasteiger partial charge in [0.05, 0.1) is 36.8 Å². The number of nitro groups is 1. The number of nitro benzene ring substituents is 1. The van der Waals surface area contributed by atoms with Crippen LogP contribution in [-0.2, 0) is 10.0 Å². The fourth-order valence-corrected chi connectivity index (χ4v) is 3.15. The number of nitrogens with one attached hydrogen (secondary N) is 1. The van der Waals surface area contributed by atoms with Crippen LogP contribution in [0.25, 0.3) is 0 Å². The molecule has 2 aromatic carbocycles. The lowest BCUT2D eigenvalue weighted by Crippen LogP contribution is -2.14. The lowest BCUT2D eigenvalue weighted by atomic mass is 10.2. The van der Waals surface area contributed by atoms with Crippen molar-refractivity contribution in [2.24, 2.45) is 0 Å². The van der Waals surface area contributed by atoms with Gasteiger partial charge in [0.2, 0.25) is 0 Å². The Morgan fingerprint density at radius 2 is 1.52 bits per heavy atom. The first-order valence-electron chi connectivity index (χ1n) is 6.89. The molecule has 0 heterocycles. The van der Waals surface area contributed by atoms with Crippen LogP contribution < -0.4 is 18.9 Å². The highest BCUT2D eigenvalue weighted by Crippen LogP contribution is 2.33. The summed E-state index contributed by atoms with van der Waals surface area (Å²) in [5.74, 6) is 0.750. The van der Waals surface area contributed by atoms with Gasteiger partial charge in [-0.3, -0.25) is 14.8 Å². The van der Waals surface area contributed by atoms with E-state index in [4.69, 9.17) is 14.2 Å². The number of sulfonamides is 1. The molecule has 0 fully saturated rings. The van der Waals surface area contributed by atoms with Crippen molar-refractivity contribution in [2.45, 2.75) is 4.90 Å². The molecule has 25 heavy (non-hydrogen) atoms. The number of nitrogens with zero attached hydrogens (tertiary/aromatic N) is 1. The Morgan fingerprint density at radius 1 is 0.920 bits per heavy atom. The van der Waals surface area contributed by atoms with Gasteiger partial charge in [-0.25, -0.2) is 8.42 Å². The highest BCUT2D eigenvalue weighted by atomic mass is 32.2. The van der Waals surface area contributed by atoms with E-state index >= 15 is 0 Å². The first-order chi connectivity index (χ1) is 11.8. The molecule has 0 bridgehead atoms. The molecule has 0 aromatic heterocycles. The number of benzene rings is 2. The maximum Gasteiger partial charge on any atom is 0.271 e. The van der Waals surface area contributed by atoms with Gasteiger partial charge in [-0.05, 0) is 18.2 Å². The SMILES string of the molecule is COc1ccc([N+](=O)[O-])cc1NS(=O)(=O)c1ccc(OC)c(OC)c1. The third kappa shape index (κ3) is 3.91. The number of anilines is 1. The van der Waals surface area contributed by atoms with Crippen molar-refractivity contribution in [3.05, 3.63) is 46.5 Å². The van der Waals surface area contributed by atoms with Crippen molar-refractivity contribution in [1.82, 2.24) is 0 Å². The molecule has 0 saturated carbocycles. The summed E-state index contributed by atoms with van der Waals surface area (Å²) in [7, 11) is 0.104. The number of hydrogen-bond donors (Lipinski definition) is 1. The van der Waals surface area contributed by atoms with Gasteiger partial charge in [0.25, 0.3) is 15.7 Å². The van der Waals surface area contributed by atoms with Crippen molar-refractivity contribution in [2.75, 3.05) is 26.1 Å². The molecule has 0 radical (unpaired) electrons.